The van der Waals surface area contributed by atoms with Gasteiger partial charge in [-0.3, -0.25) is 4.79 Å². The molecule has 0 spiro atoms. The molecule has 2 heterocycles. The van der Waals surface area contributed by atoms with Gasteiger partial charge in [0.15, 0.2) is 0 Å². The lowest BCUT2D eigenvalue weighted by molar-refractivity contribution is -0.136. The van der Waals surface area contributed by atoms with E-state index in [0.29, 0.717) is 38.2 Å². The number of carbonyl (C=O) groups excluding carboxylic acids is 1. The van der Waals surface area contributed by atoms with E-state index in [1.807, 2.05) is 53.0 Å². The number of benzene rings is 1. The van der Waals surface area contributed by atoms with Gasteiger partial charge in [-0.05, 0) is 12.0 Å². The number of halogens is 1. The van der Waals surface area contributed by atoms with Crippen LogP contribution in [0.3, 0.4) is 0 Å². The van der Waals surface area contributed by atoms with Crippen LogP contribution in [0.5, 0.6) is 0 Å². The van der Waals surface area contributed by atoms with E-state index >= 15 is 0 Å². The summed E-state index contributed by atoms with van der Waals surface area (Å²) in [5, 5.41) is 10.8. The van der Waals surface area contributed by atoms with E-state index < -0.39 is 5.60 Å². The lowest BCUT2D eigenvalue weighted by atomic mass is 9.90. The van der Waals surface area contributed by atoms with Gasteiger partial charge in [-0.15, -0.1) is 12.4 Å². The number of aliphatic hydroxyl groups is 1. The summed E-state index contributed by atoms with van der Waals surface area (Å²) in [4.78, 5) is 18.5. The van der Waals surface area contributed by atoms with Crippen molar-refractivity contribution in [3.05, 3.63) is 54.1 Å². The van der Waals surface area contributed by atoms with Crippen LogP contribution >= 0.6 is 12.4 Å². The summed E-state index contributed by atoms with van der Waals surface area (Å²) in [7, 11) is 1.89. The van der Waals surface area contributed by atoms with Gasteiger partial charge in [-0.2, -0.15) is 0 Å². The van der Waals surface area contributed by atoms with E-state index in [-0.39, 0.29) is 18.3 Å². The summed E-state index contributed by atoms with van der Waals surface area (Å²) in [6, 6.07) is 10.1. The molecule has 0 radical (unpaired) electrons. The largest absolute Gasteiger partial charge is 0.382 e. The number of hydrogen-bond donors (Lipinski definition) is 1. The van der Waals surface area contributed by atoms with E-state index in [4.69, 9.17) is 0 Å². The highest BCUT2D eigenvalue weighted by Crippen LogP contribution is 2.31. The second-order valence-electron chi connectivity index (χ2n) is 6.26. The molecule has 1 N–H and O–H groups in total. The van der Waals surface area contributed by atoms with Crippen molar-refractivity contribution < 1.29 is 9.90 Å². The fraction of sp³-hybridized carbons (Fsp3) is 0.444. The third kappa shape index (κ3) is 3.97. The topological polar surface area (TPSA) is 58.4 Å². The first-order valence-corrected chi connectivity index (χ1v) is 8.10. The minimum absolute atomic E-state index is 0. The lowest BCUT2D eigenvalue weighted by Gasteiger charge is -2.37. The molecule has 0 bridgehead atoms. The standard InChI is InChI=1S/C18H23N3O2.ClH/c1-20-14-11-19-17(20)18(23)9-12-21(13-10-18)16(22)8-7-15-5-3-2-4-6-15;/h2-6,11,14,23H,7-10,12-13H2,1H3;1H. The van der Waals surface area contributed by atoms with Gasteiger partial charge in [-0.25, -0.2) is 4.98 Å². The third-order valence-corrected chi connectivity index (χ3v) is 4.65. The van der Waals surface area contributed by atoms with Crippen molar-refractivity contribution in [2.24, 2.45) is 7.05 Å². The molecule has 1 aliphatic rings. The number of imidazole rings is 1. The first kappa shape index (κ1) is 18.5. The normalized spacial score (nSPS) is 16.5. The summed E-state index contributed by atoms with van der Waals surface area (Å²) in [6.07, 6.45) is 5.89. The Bertz CT molecular complexity index is 664. The van der Waals surface area contributed by atoms with Crippen LogP contribution < -0.4 is 0 Å². The molecule has 3 rings (SSSR count). The van der Waals surface area contributed by atoms with Crippen LogP contribution in [-0.4, -0.2) is 38.6 Å². The number of carbonyl (C=O) groups is 1. The van der Waals surface area contributed by atoms with Gasteiger partial charge in [0.1, 0.15) is 11.4 Å². The van der Waals surface area contributed by atoms with Crippen molar-refractivity contribution in [3.63, 3.8) is 0 Å². The van der Waals surface area contributed by atoms with E-state index in [0.717, 1.165) is 6.42 Å². The Morgan fingerprint density at radius 1 is 1.25 bits per heavy atom. The highest BCUT2D eigenvalue weighted by atomic mass is 35.5. The van der Waals surface area contributed by atoms with Crippen LogP contribution in [0, 0.1) is 0 Å². The Balaban J connectivity index is 0.00000208. The van der Waals surface area contributed by atoms with Crippen molar-refractivity contribution in [2.75, 3.05) is 13.1 Å². The molecule has 1 saturated heterocycles. The number of rotatable bonds is 4. The predicted octanol–water partition coefficient (Wildman–Crippen LogP) is 2.28. The van der Waals surface area contributed by atoms with Gasteiger partial charge >= 0.3 is 0 Å². The maximum atomic E-state index is 12.4. The van der Waals surface area contributed by atoms with Crippen molar-refractivity contribution in [1.29, 1.82) is 0 Å². The van der Waals surface area contributed by atoms with Crippen LogP contribution in [-0.2, 0) is 23.9 Å². The first-order valence-electron chi connectivity index (χ1n) is 8.10. The van der Waals surface area contributed by atoms with Crippen molar-refractivity contribution in [3.8, 4) is 0 Å². The average Bonchev–Trinajstić information content (AvgIpc) is 3.01. The van der Waals surface area contributed by atoms with Crippen molar-refractivity contribution in [1.82, 2.24) is 14.5 Å². The van der Waals surface area contributed by atoms with Gasteiger partial charge in [0.25, 0.3) is 0 Å². The second-order valence-corrected chi connectivity index (χ2v) is 6.26. The molecule has 1 aromatic carbocycles. The molecule has 0 unspecified atom stereocenters. The smallest absolute Gasteiger partial charge is 0.222 e. The number of hydrogen-bond acceptors (Lipinski definition) is 3. The molecule has 0 atom stereocenters. The Hall–Kier alpha value is -1.85. The Morgan fingerprint density at radius 3 is 2.50 bits per heavy atom. The Morgan fingerprint density at radius 2 is 1.92 bits per heavy atom. The predicted molar refractivity (Wildman–Crippen MR) is 94.9 cm³/mol. The molecule has 2 aromatic rings. The molecule has 24 heavy (non-hydrogen) atoms. The molecule has 1 aromatic heterocycles. The van der Waals surface area contributed by atoms with Gasteiger partial charge in [-0.1, -0.05) is 30.3 Å². The maximum absolute atomic E-state index is 12.4. The Kier molecular flexibility index (Phi) is 6.02. The quantitative estimate of drug-likeness (QED) is 0.921. The van der Waals surface area contributed by atoms with Gasteiger partial charge in [0.05, 0.1) is 0 Å². The minimum atomic E-state index is -0.922. The maximum Gasteiger partial charge on any atom is 0.222 e. The number of likely N-dealkylation sites (tertiary alicyclic amines) is 1. The van der Waals surface area contributed by atoms with E-state index in [1.54, 1.807) is 6.20 Å². The Labute approximate surface area is 148 Å². The minimum Gasteiger partial charge on any atom is -0.382 e. The number of piperidine rings is 1. The molecule has 0 aliphatic carbocycles. The van der Waals surface area contributed by atoms with Crippen LogP contribution in [0.2, 0.25) is 0 Å². The van der Waals surface area contributed by atoms with E-state index in [1.165, 1.54) is 5.56 Å². The summed E-state index contributed by atoms with van der Waals surface area (Å²) < 4.78 is 1.85. The summed E-state index contributed by atoms with van der Waals surface area (Å²) >= 11 is 0. The second kappa shape index (κ2) is 7.81. The monoisotopic (exact) mass is 349 g/mol. The molecule has 6 heteroatoms. The molecular formula is C18H24ClN3O2. The SMILES string of the molecule is Cl.Cn1ccnc1C1(O)CCN(C(=O)CCc2ccccc2)CC1. The van der Waals surface area contributed by atoms with E-state index in [9.17, 15) is 9.90 Å². The van der Waals surface area contributed by atoms with Crippen LogP contribution in [0.4, 0.5) is 0 Å². The molecule has 1 aliphatic heterocycles. The molecular weight excluding hydrogens is 326 g/mol. The zero-order valence-corrected chi connectivity index (χ0v) is 14.7. The first-order chi connectivity index (χ1) is 11.1. The zero-order chi connectivity index (χ0) is 16.3. The summed E-state index contributed by atoms with van der Waals surface area (Å²) in [5.41, 5.74) is 0.261. The zero-order valence-electron chi connectivity index (χ0n) is 13.9. The lowest BCUT2D eigenvalue weighted by Crippen LogP contribution is -2.46. The van der Waals surface area contributed by atoms with Crippen LogP contribution in [0.25, 0.3) is 0 Å². The van der Waals surface area contributed by atoms with Crippen LogP contribution in [0.1, 0.15) is 30.7 Å². The molecule has 5 nitrogen and oxygen atoms in total. The molecule has 1 amide bonds. The summed E-state index contributed by atoms with van der Waals surface area (Å²) in [6.45, 7) is 1.16. The summed E-state index contributed by atoms with van der Waals surface area (Å²) in [5.74, 6) is 0.852. The highest BCUT2D eigenvalue weighted by Gasteiger charge is 2.38. The third-order valence-electron chi connectivity index (χ3n) is 4.65. The van der Waals surface area contributed by atoms with Gasteiger partial charge in [0, 0.05) is 51.8 Å². The van der Waals surface area contributed by atoms with Crippen LogP contribution in [0.15, 0.2) is 42.7 Å². The van der Waals surface area contributed by atoms with Gasteiger partial charge in [0.2, 0.25) is 5.91 Å². The van der Waals surface area contributed by atoms with Gasteiger partial charge < -0.3 is 14.6 Å². The van der Waals surface area contributed by atoms with Crippen molar-refractivity contribution >= 4 is 18.3 Å². The fourth-order valence-electron chi connectivity index (χ4n) is 3.22. The number of aromatic nitrogens is 2. The number of aryl methyl sites for hydroxylation is 2. The fourth-order valence-corrected chi connectivity index (χ4v) is 3.22. The highest BCUT2D eigenvalue weighted by molar-refractivity contribution is 5.85. The number of amides is 1. The van der Waals surface area contributed by atoms with E-state index in [2.05, 4.69) is 4.98 Å². The molecule has 130 valence electrons. The van der Waals surface area contributed by atoms with Crippen molar-refractivity contribution in [2.45, 2.75) is 31.3 Å². The average molecular weight is 350 g/mol. The molecule has 0 saturated carbocycles. The number of nitrogens with zero attached hydrogens (tertiary/aromatic N) is 3. The molecule has 1 fully saturated rings.